The van der Waals surface area contributed by atoms with Gasteiger partial charge in [-0.05, 0) is 53.4 Å². The summed E-state index contributed by atoms with van der Waals surface area (Å²) in [5.41, 5.74) is 5.41. The van der Waals surface area contributed by atoms with E-state index in [1.165, 1.54) is 6.20 Å². The minimum absolute atomic E-state index is 0.118. The number of fused-ring (bicyclic) bond motifs is 1. The van der Waals surface area contributed by atoms with Crippen LogP contribution in [0.25, 0.3) is 0 Å². The summed E-state index contributed by atoms with van der Waals surface area (Å²) in [6.45, 7) is 3.35. The van der Waals surface area contributed by atoms with Crippen molar-refractivity contribution in [2.45, 2.75) is 32.9 Å². The number of benzene rings is 3. The molecule has 0 spiro atoms. The number of nitrogens with one attached hydrogen (secondary N) is 1. The lowest BCUT2D eigenvalue weighted by Gasteiger charge is -2.28. The molecule has 0 saturated carbocycles. The van der Waals surface area contributed by atoms with Gasteiger partial charge < -0.3 is 15.1 Å². The van der Waals surface area contributed by atoms with Crippen LogP contribution in [0.5, 0.6) is 0 Å². The Hall–Kier alpha value is -5.23. The van der Waals surface area contributed by atoms with Gasteiger partial charge in [0.25, 0.3) is 11.8 Å². The van der Waals surface area contributed by atoms with E-state index in [1.807, 2.05) is 56.4 Å². The van der Waals surface area contributed by atoms with Gasteiger partial charge in [0.05, 0.1) is 29.9 Å². The number of carbonyl (C=O) groups excluding carboxylic acids is 3. The van der Waals surface area contributed by atoms with E-state index in [0.717, 1.165) is 28.8 Å². The molecule has 0 saturated heterocycles. The molecule has 1 N–H and O–H groups in total. The Kier molecular flexibility index (Phi) is 7.92. The van der Waals surface area contributed by atoms with Crippen LogP contribution >= 0.6 is 0 Å². The van der Waals surface area contributed by atoms with Gasteiger partial charge in [0.1, 0.15) is 5.69 Å². The summed E-state index contributed by atoms with van der Waals surface area (Å²) in [5, 5.41) is 16.2. The molecule has 3 amide bonds. The first-order chi connectivity index (χ1) is 19.9. The lowest BCUT2D eigenvalue weighted by molar-refractivity contribution is -0.130. The van der Waals surface area contributed by atoms with Crippen LogP contribution in [0.15, 0.2) is 79.0 Å². The number of carbonyl (C=O) groups is 3. The van der Waals surface area contributed by atoms with E-state index in [-0.39, 0.29) is 23.1 Å². The molecular weight excluding hydrogens is 516 g/mol. The van der Waals surface area contributed by atoms with Crippen LogP contribution in [0.4, 0.5) is 11.4 Å². The third-order valence-corrected chi connectivity index (χ3v) is 7.14. The van der Waals surface area contributed by atoms with Gasteiger partial charge >= 0.3 is 0 Å². The quantitative estimate of drug-likeness (QED) is 0.347. The molecule has 41 heavy (non-hydrogen) atoms. The van der Waals surface area contributed by atoms with Crippen molar-refractivity contribution in [2.24, 2.45) is 0 Å². The van der Waals surface area contributed by atoms with E-state index in [0.29, 0.717) is 37.3 Å². The zero-order valence-electron chi connectivity index (χ0n) is 23.0. The molecule has 206 valence electrons. The van der Waals surface area contributed by atoms with Gasteiger partial charge in [-0.25, -0.2) is 0 Å². The van der Waals surface area contributed by atoms with Gasteiger partial charge in [0, 0.05) is 37.9 Å². The summed E-state index contributed by atoms with van der Waals surface area (Å²) in [6, 6.07) is 24.7. The maximum absolute atomic E-state index is 13.5. The van der Waals surface area contributed by atoms with Crippen LogP contribution in [-0.4, -0.2) is 46.0 Å². The second-order valence-corrected chi connectivity index (χ2v) is 10.00. The maximum atomic E-state index is 13.5. The molecular formula is C32H30N6O3. The van der Waals surface area contributed by atoms with Gasteiger partial charge in [-0.2, -0.15) is 10.4 Å². The van der Waals surface area contributed by atoms with Crippen LogP contribution in [0.1, 0.15) is 56.4 Å². The molecule has 2 heterocycles. The Balaban J connectivity index is 1.25. The Morgan fingerprint density at radius 3 is 2.37 bits per heavy atom. The molecule has 1 aliphatic heterocycles. The highest BCUT2D eigenvalue weighted by atomic mass is 16.2. The lowest BCUT2D eigenvalue weighted by Crippen LogP contribution is -2.41. The SMILES string of the molecule is CCC(=O)N(C)Cc1ccc(Cc2ccc(N3CCn4ncc(C(=O)Nc5cccc(C#N)c5)c4C3=O)cc2)cc1. The fourth-order valence-corrected chi connectivity index (χ4v) is 4.91. The predicted octanol–water partition coefficient (Wildman–Crippen LogP) is 4.63. The minimum atomic E-state index is -0.457. The van der Waals surface area contributed by atoms with Crippen LogP contribution in [0, 0.1) is 11.3 Å². The first-order valence-electron chi connectivity index (χ1n) is 13.5. The topological polar surface area (TPSA) is 111 Å². The molecule has 0 fully saturated rings. The van der Waals surface area contributed by atoms with Crippen molar-refractivity contribution in [2.75, 3.05) is 23.8 Å². The smallest absolute Gasteiger partial charge is 0.277 e. The number of nitriles is 1. The lowest BCUT2D eigenvalue weighted by atomic mass is 10.0. The van der Waals surface area contributed by atoms with Gasteiger partial charge in [-0.3, -0.25) is 19.1 Å². The number of nitrogens with zero attached hydrogens (tertiary/aromatic N) is 5. The molecule has 9 nitrogen and oxygen atoms in total. The molecule has 9 heteroatoms. The third kappa shape index (κ3) is 6.02. The largest absolute Gasteiger partial charge is 0.341 e. The normalized spacial score (nSPS) is 12.4. The van der Waals surface area contributed by atoms with Crippen molar-refractivity contribution in [3.63, 3.8) is 0 Å². The second kappa shape index (κ2) is 11.9. The summed E-state index contributed by atoms with van der Waals surface area (Å²) in [6.07, 6.45) is 2.64. The number of aromatic nitrogens is 2. The molecule has 1 aliphatic rings. The van der Waals surface area contributed by atoms with Crippen LogP contribution in [0.3, 0.4) is 0 Å². The predicted molar refractivity (Wildman–Crippen MR) is 155 cm³/mol. The Labute approximate surface area is 238 Å². The third-order valence-electron chi connectivity index (χ3n) is 7.14. The van der Waals surface area contributed by atoms with E-state index in [1.54, 1.807) is 38.7 Å². The van der Waals surface area contributed by atoms with Gasteiger partial charge in [-0.1, -0.05) is 49.4 Å². The summed E-state index contributed by atoms with van der Waals surface area (Å²) in [7, 11) is 1.81. The van der Waals surface area contributed by atoms with Crippen LogP contribution in [0.2, 0.25) is 0 Å². The average Bonchev–Trinajstić information content (AvgIpc) is 3.44. The van der Waals surface area contributed by atoms with Crippen molar-refractivity contribution in [3.8, 4) is 6.07 Å². The van der Waals surface area contributed by atoms with Crippen molar-refractivity contribution in [1.82, 2.24) is 14.7 Å². The first-order valence-corrected chi connectivity index (χ1v) is 13.5. The van der Waals surface area contributed by atoms with E-state index in [4.69, 9.17) is 5.26 Å². The highest BCUT2D eigenvalue weighted by molar-refractivity contribution is 6.15. The molecule has 3 aromatic carbocycles. The number of rotatable bonds is 8. The Morgan fingerprint density at radius 2 is 1.68 bits per heavy atom. The van der Waals surface area contributed by atoms with E-state index in [9.17, 15) is 14.4 Å². The summed E-state index contributed by atoms with van der Waals surface area (Å²) < 4.78 is 1.56. The van der Waals surface area contributed by atoms with E-state index >= 15 is 0 Å². The average molecular weight is 547 g/mol. The Bertz CT molecular complexity index is 1630. The zero-order valence-corrected chi connectivity index (χ0v) is 23.0. The highest BCUT2D eigenvalue weighted by Gasteiger charge is 2.32. The minimum Gasteiger partial charge on any atom is -0.341 e. The van der Waals surface area contributed by atoms with Crippen molar-refractivity contribution in [3.05, 3.63) is 113 Å². The second-order valence-electron chi connectivity index (χ2n) is 10.00. The maximum Gasteiger partial charge on any atom is 0.277 e. The van der Waals surface area contributed by atoms with Gasteiger partial charge in [0.2, 0.25) is 5.91 Å². The molecule has 0 aliphatic carbocycles. The van der Waals surface area contributed by atoms with Crippen LogP contribution < -0.4 is 10.2 Å². The number of amides is 3. The highest BCUT2D eigenvalue weighted by Crippen LogP contribution is 2.25. The zero-order chi connectivity index (χ0) is 28.9. The van der Waals surface area contributed by atoms with Crippen molar-refractivity contribution >= 4 is 29.1 Å². The molecule has 5 rings (SSSR count). The van der Waals surface area contributed by atoms with Crippen molar-refractivity contribution in [1.29, 1.82) is 5.26 Å². The summed E-state index contributed by atoms with van der Waals surface area (Å²) in [5.74, 6) is -0.631. The fraction of sp³-hybridized carbons (Fsp3) is 0.219. The monoisotopic (exact) mass is 546 g/mol. The summed E-state index contributed by atoms with van der Waals surface area (Å²) in [4.78, 5) is 41.8. The molecule has 0 unspecified atom stereocenters. The molecule has 1 aromatic heterocycles. The van der Waals surface area contributed by atoms with E-state index < -0.39 is 5.91 Å². The number of anilines is 2. The molecule has 0 radical (unpaired) electrons. The number of hydrogen-bond acceptors (Lipinski definition) is 5. The van der Waals surface area contributed by atoms with E-state index in [2.05, 4.69) is 22.5 Å². The fourth-order valence-electron chi connectivity index (χ4n) is 4.91. The van der Waals surface area contributed by atoms with Crippen LogP contribution in [-0.2, 0) is 24.3 Å². The van der Waals surface area contributed by atoms with Gasteiger partial charge in [-0.15, -0.1) is 0 Å². The van der Waals surface area contributed by atoms with Gasteiger partial charge in [0.15, 0.2) is 0 Å². The molecule has 0 bridgehead atoms. The number of hydrogen-bond donors (Lipinski definition) is 1. The summed E-state index contributed by atoms with van der Waals surface area (Å²) >= 11 is 0. The first kappa shape index (κ1) is 27.3. The Morgan fingerprint density at radius 1 is 1.00 bits per heavy atom. The molecule has 4 aromatic rings. The molecule has 0 atom stereocenters. The standard InChI is InChI=1S/C32H30N6O3/c1-3-29(39)36(2)21-24-9-7-22(8-10-24)17-23-11-13-27(14-12-23)37-15-16-38-30(32(37)41)28(20-34-38)31(40)35-26-6-4-5-25(18-26)19-33/h4-14,18,20H,3,15-17,21H2,1-2H3,(H,35,40). The van der Waals surface area contributed by atoms with Crippen molar-refractivity contribution < 1.29 is 14.4 Å².